The van der Waals surface area contributed by atoms with Gasteiger partial charge in [-0.15, -0.1) is 0 Å². The van der Waals surface area contributed by atoms with Gasteiger partial charge in [0.2, 0.25) is 5.95 Å². The van der Waals surface area contributed by atoms with Gasteiger partial charge in [0.1, 0.15) is 11.2 Å². The van der Waals surface area contributed by atoms with E-state index in [9.17, 15) is 19.1 Å². The number of hydrogen-bond acceptors (Lipinski definition) is 10. The van der Waals surface area contributed by atoms with E-state index in [-0.39, 0.29) is 24.1 Å². The Balaban J connectivity index is 1.33. The van der Waals surface area contributed by atoms with E-state index in [1.807, 2.05) is 29.2 Å². The Kier molecular flexibility index (Phi) is 7.59. The van der Waals surface area contributed by atoms with E-state index in [0.29, 0.717) is 46.9 Å². The molecular formula is C29H25FN8O3S. The lowest BCUT2D eigenvalue weighted by Crippen LogP contribution is -2.42. The fourth-order valence-electron chi connectivity index (χ4n) is 5.06. The van der Waals surface area contributed by atoms with Crippen LogP contribution < -0.4 is 15.5 Å². The molecule has 2 atom stereocenters. The standard InChI is InChI=1S/C29H25FN8O3S/c30-21-10-33-27(34-11-21)38-14-20-16-42-28(36-25(40)18-5-2-1-3-6-18)37-29(20,17-38)19-7-4-8-22(9-19)35-26(41)24-13-31-23(15-39)12-32-24/h1-13,20,39H,14-17H2,(H,35,41)(H,36,37,40)/t20-,29+/m0/s1. The van der Waals surface area contributed by atoms with E-state index in [4.69, 9.17) is 4.99 Å². The van der Waals surface area contributed by atoms with Gasteiger partial charge >= 0.3 is 0 Å². The lowest BCUT2D eigenvalue weighted by atomic mass is 9.81. The maximum atomic E-state index is 13.6. The molecule has 42 heavy (non-hydrogen) atoms. The summed E-state index contributed by atoms with van der Waals surface area (Å²) in [6.45, 7) is 0.665. The van der Waals surface area contributed by atoms with Gasteiger partial charge in [-0.3, -0.25) is 14.6 Å². The van der Waals surface area contributed by atoms with E-state index >= 15 is 0 Å². The number of halogens is 1. The quantitative estimate of drug-likeness (QED) is 0.311. The zero-order chi connectivity index (χ0) is 29.1. The molecule has 3 N–H and O–H groups in total. The van der Waals surface area contributed by atoms with Crippen molar-refractivity contribution in [3.63, 3.8) is 0 Å². The van der Waals surface area contributed by atoms with Gasteiger partial charge < -0.3 is 20.6 Å². The molecule has 2 aromatic carbocycles. The third kappa shape index (κ3) is 5.56. The highest BCUT2D eigenvalue weighted by atomic mass is 32.2. The highest BCUT2D eigenvalue weighted by Gasteiger charge is 2.51. The van der Waals surface area contributed by atoms with Crippen LogP contribution in [0.15, 0.2) is 84.4 Å². The van der Waals surface area contributed by atoms with Gasteiger partial charge in [-0.25, -0.2) is 24.3 Å². The van der Waals surface area contributed by atoms with Crippen LogP contribution in [0, 0.1) is 11.7 Å². The van der Waals surface area contributed by atoms with Crippen LogP contribution in [0.2, 0.25) is 0 Å². The van der Waals surface area contributed by atoms with Gasteiger partial charge in [-0.2, -0.15) is 0 Å². The predicted octanol–water partition coefficient (Wildman–Crippen LogP) is 3.01. The zero-order valence-corrected chi connectivity index (χ0v) is 23.0. The molecule has 6 rings (SSSR count). The monoisotopic (exact) mass is 584 g/mol. The molecule has 0 unspecified atom stereocenters. The Labute approximate surface area is 244 Å². The van der Waals surface area contributed by atoms with Gasteiger partial charge in [0, 0.05) is 29.5 Å². The van der Waals surface area contributed by atoms with Crippen molar-refractivity contribution in [2.75, 3.05) is 29.1 Å². The van der Waals surface area contributed by atoms with Gasteiger partial charge in [0.25, 0.3) is 11.8 Å². The maximum Gasteiger partial charge on any atom is 0.275 e. The molecule has 1 saturated heterocycles. The predicted molar refractivity (Wildman–Crippen MR) is 156 cm³/mol. The summed E-state index contributed by atoms with van der Waals surface area (Å²) in [6.07, 6.45) is 4.92. The van der Waals surface area contributed by atoms with Gasteiger partial charge in [-0.05, 0) is 29.8 Å². The number of nitrogens with zero attached hydrogens (tertiary/aromatic N) is 6. The van der Waals surface area contributed by atoms with Crippen LogP contribution in [0.1, 0.15) is 32.1 Å². The van der Waals surface area contributed by atoms with Crippen molar-refractivity contribution in [1.29, 1.82) is 0 Å². The normalized spacial score (nSPS) is 19.5. The smallest absolute Gasteiger partial charge is 0.275 e. The van der Waals surface area contributed by atoms with Crippen LogP contribution in [-0.2, 0) is 12.1 Å². The summed E-state index contributed by atoms with van der Waals surface area (Å²) in [7, 11) is 0. The number of aliphatic imine (C=N–C) groups is 1. The number of amidine groups is 1. The second-order valence-corrected chi connectivity index (χ2v) is 10.8. The Morgan fingerprint density at radius 2 is 1.79 bits per heavy atom. The lowest BCUT2D eigenvalue weighted by Gasteiger charge is -2.35. The molecule has 2 aromatic heterocycles. The minimum atomic E-state index is -0.814. The molecule has 212 valence electrons. The summed E-state index contributed by atoms with van der Waals surface area (Å²) >= 11 is 1.46. The zero-order valence-electron chi connectivity index (χ0n) is 22.1. The molecule has 2 amide bonds. The average Bonchev–Trinajstić information content (AvgIpc) is 3.42. The Morgan fingerprint density at radius 1 is 0.976 bits per heavy atom. The number of thioether (sulfide) groups is 1. The van der Waals surface area contributed by atoms with Crippen molar-refractivity contribution in [3.8, 4) is 0 Å². The van der Waals surface area contributed by atoms with Crippen molar-refractivity contribution in [1.82, 2.24) is 25.3 Å². The molecule has 0 spiro atoms. The summed E-state index contributed by atoms with van der Waals surface area (Å²) in [5.41, 5.74) is 1.52. The fraction of sp³-hybridized carbons (Fsp3) is 0.207. The Hall–Kier alpha value is -4.75. The molecule has 0 saturated carbocycles. The summed E-state index contributed by atoms with van der Waals surface area (Å²) in [5, 5.41) is 15.5. The third-order valence-corrected chi connectivity index (χ3v) is 8.17. The summed E-state index contributed by atoms with van der Waals surface area (Å²) in [5.74, 6) is -0.213. The van der Waals surface area contributed by atoms with Crippen molar-refractivity contribution in [2.24, 2.45) is 10.9 Å². The molecule has 0 aliphatic carbocycles. The molecule has 4 aromatic rings. The number of carbonyl (C=O) groups is 2. The highest BCUT2D eigenvalue weighted by Crippen LogP contribution is 2.46. The number of carbonyl (C=O) groups excluding carboxylic acids is 2. The van der Waals surface area contributed by atoms with E-state index in [2.05, 4.69) is 30.6 Å². The van der Waals surface area contributed by atoms with Gasteiger partial charge in [0.15, 0.2) is 11.0 Å². The molecule has 2 aliphatic heterocycles. The van der Waals surface area contributed by atoms with Crippen LogP contribution in [0.4, 0.5) is 16.0 Å². The van der Waals surface area contributed by atoms with Crippen LogP contribution in [-0.4, -0.2) is 60.9 Å². The number of rotatable bonds is 6. The largest absolute Gasteiger partial charge is 0.390 e. The van der Waals surface area contributed by atoms with Crippen LogP contribution in [0.25, 0.3) is 0 Å². The van der Waals surface area contributed by atoms with Crippen molar-refractivity contribution in [3.05, 3.63) is 108 Å². The first-order valence-electron chi connectivity index (χ1n) is 13.1. The minimum absolute atomic E-state index is 0.00336. The first kappa shape index (κ1) is 27.4. The Morgan fingerprint density at radius 3 is 2.52 bits per heavy atom. The lowest BCUT2D eigenvalue weighted by molar-refractivity contribution is 0.0975. The van der Waals surface area contributed by atoms with Crippen LogP contribution in [0.3, 0.4) is 0 Å². The number of fused-ring (bicyclic) bond motifs is 1. The molecule has 0 bridgehead atoms. The van der Waals surface area contributed by atoms with E-state index in [1.54, 1.807) is 30.3 Å². The van der Waals surface area contributed by atoms with Gasteiger partial charge in [0.05, 0.1) is 43.6 Å². The first-order valence-corrected chi connectivity index (χ1v) is 14.1. The topological polar surface area (TPSA) is 146 Å². The van der Waals surface area contributed by atoms with Gasteiger partial charge in [-0.1, -0.05) is 42.1 Å². The fourth-order valence-corrected chi connectivity index (χ4v) is 6.19. The second-order valence-electron chi connectivity index (χ2n) is 9.84. The number of aliphatic hydroxyl groups excluding tert-OH is 1. The second kappa shape index (κ2) is 11.6. The number of anilines is 2. The summed E-state index contributed by atoms with van der Waals surface area (Å²) < 4.78 is 13.6. The van der Waals surface area contributed by atoms with E-state index in [1.165, 1.54) is 24.2 Å². The summed E-state index contributed by atoms with van der Waals surface area (Å²) in [6, 6.07) is 16.3. The third-order valence-electron chi connectivity index (χ3n) is 7.14. The van der Waals surface area contributed by atoms with Crippen molar-refractivity contribution < 1.29 is 19.1 Å². The maximum absolute atomic E-state index is 13.6. The SMILES string of the molecule is O=C(NC1=N[C@@]2(c3cccc(NC(=O)c4cnc(CO)cn4)c3)CN(c3ncc(F)cn3)C[C@H]2CS1)c1ccccc1. The molecule has 11 nitrogen and oxygen atoms in total. The number of aliphatic hydroxyl groups is 1. The number of benzene rings is 2. The number of amides is 2. The molecule has 13 heteroatoms. The van der Waals surface area contributed by atoms with E-state index in [0.717, 1.165) is 18.0 Å². The number of hydrogen-bond donors (Lipinski definition) is 3. The molecule has 2 aliphatic rings. The van der Waals surface area contributed by atoms with Crippen molar-refractivity contribution >= 4 is 40.4 Å². The number of aromatic nitrogens is 4. The molecule has 0 radical (unpaired) electrons. The number of nitrogens with one attached hydrogen (secondary N) is 2. The highest BCUT2D eigenvalue weighted by molar-refractivity contribution is 8.13. The Bertz CT molecular complexity index is 1640. The molecule has 1 fully saturated rings. The molecule has 4 heterocycles. The summed E-state index contributed by atoms with van der Waals surface area (Å²) in [4.78, 5) is 49.4. The first-order chi connectivity index (χ1) is 20.4. The van der Waals surface area contributed by atoms with Crippen molar-refractivity contribution in [2.45, 2.75) is 12.1 Å². The molecular weight excluding hydrogens is 559 g/mol. The van der Waals surface area contributed by atoms with Crippen LogP contribution in [0.5, 0.6) is 0 Å². The minimum Gasteiger partial charge on any atom is -0.390 e. The average molecular weight is 585 g/mol. The van der Waals surface area contributed by atoms with Crippen LogP contribution >= 0.6 is 11.8 Å². The van der Waals surface area contributed by atoms with E-state index < -0.39 is 17.3 Å².